The highest BCUT2D eigenvalue weighted by molar-refractivity contribution is 9.10. The van der Waals surface area contributed by atoms with Gasteiger partial charge < -0.3 is 15.4 Å². The van der Waals surface area contributed by atoms with Gasteiger partial charge in [0.2, 0.25) is 0 Å². The van der Waals surface area contributed by atoms with Gasteiger partial charge in [-0.05, 0) is 65.2 Å². The molecule has 118 valence electrons. The van der Waals surface area contributed by atoms with Crippen LogP contribution in [0.15, 0.2) is 22.7 Å². The molecule has 0 spiro atoms. The van der Waals surface area contributed by atoms with Gasteiger partial charge in [0.05, 0.1) is 5.69 Å². The summed E-state index contributed by atoms with van der Waals surface area (Å²) in [5, 5.41) is 0. The van der Waals surface area contributed by atoms with E-state index in [2.05, 4.69) is 46.0 Å². The molecule has 21 heavy (non-hydrogen) atoms. The van der Waals surface area contributed by atoms with E-state index >= 15 is 0 Å². The number of anilines is 1. The Hall–Kier alpha value is -0.580. The highest BCUT2D eigenvalue weighted by Gasteiger charge is 2.20. The maximum atomic E-state index is 6.04. The van der Waals surface area contributed by atoms with Gasteiger partial charge in [0.1, 0.15) is 0 Å². The maximum absolute atomic E-state index is 6.04. The van der Waals surface area contributed by atoms with Crippen molar-refractivity contribution in [3.05, 3.63) is 28.2 Å². The maximum Gasteiger partial charge on any atom is 0.0510 e. The van der Waals surface area contributed by atoms with E-state index in [0.717, 1.165) is 32.5 Å². The largest absolute Gasteiger partial charge is 0.384 e. The number of hydrogen-bond donors (Lipinski definition) is 1. The molecule has 0 aliphatic carbocycles. The van der Waals surface area contributed by atoms with E-state index in [1.165, 1.54) is 28.6 Å². The van der Waals surface area contributed by atoms with Gasteiger partial charge in [0.25, 0.3) is 0 Å². The molecule has 1 aliphatic heterocycles. The molecule has 1 aliphatic rings. The van der Waals surface area contributed by atoms with Crippen molar-refractivity contribution in [1.29, 1.82) is 0 Å². The first-order valence-electron chi connectivity index (χ1n) is 7.92. The molecule has 1 aromatic rings. The molecular formula is C17H27BrN2O. The zero-order valence-corrected chi connectivity index (χ0v) is 14.7. The molecule has 3 nitrogen and oxygen atoms in total. The summed E-state index contributed by atoms with van der Waals surface area (Å²) in [4.78, 5) is 2.47. The lowest BCUT2D eigenvalue weighted by atomic mass is 9.97. The minimum absolute atomic E-state index is 0.257. The standard InChI is InChI=1S/C17H27BrN2O/c1-3-15(19)10-14-4-5-17(16(18)11-14)20-8-6-13(7-9-20)12-21-2/h4-5,11,13,15H,3,6-10,12,19H2,1-2H3. The Morgan fingerprint density at radius 3 is 2.67 bits per heavy atom. The zero-order chi connectivity index (χ0) is 15.2. The first kappa shape index (κ1) is 16.8. The van der Waals surface area contributed by atoms with E-state index < -0.39 is 0 Å². The van der Waals surface area contributed by atoms with Crippen LogP contribution in [0, 0.1) is 5.92 Å². The van der Waals surface area contributed by atoms with Crippen LogP contribution in [-0.2, 0) is 11.2 Å². The van der Waals surface area contributed by atoms with Crippen LogP contribution in [0.2, 0.25) is 0 Å². The Morgan fingerprint density at radius 1 is 1.38 bits per heavy atom. The highest BCUT2D eigenvalue weighted by atomic mass is 79.9. The van der Waals surface area contributed by atoms with Crippen molar-refractivity contribution < 1.29 is 4.74 Å². The molecule has 1 unspecified atom stereocenters. The Balaban J connectivity index is 1.98. The summed E-state index contributed by atoms with van der Waals surface area (Å²) in [7, 11) is 1.79. The van der Waals surface area contributed by atoms with Gasteiger partial charge in [0, 0.05) is 37.3 Å². The van der Waals surface area contributed by atoms with Crippen LogP contribution in [0.1, 0.15) is 31.7 Å². The Bertz CT molecular complexity index is 444. The first-order valence-corrected chi connectivity index (χ1v) is 8.71. The molecule has 0 amide bonds. The molecule has 2 rings (SSSR count). The summed E-state index contributed by atoms with van der Waals surface area (Å²) in [6.07, 6.45) is 4.39. The average Bonchev–Trinajstić information content (AvgIpc) is 2.49. The normalized spacial score (nSPS) is 18.0. The third-order valence-electron chi connectivity index (χ3n) is 4.39. The van der Waals surface area contributed by atoms with Gasteiger partial charge >= 0.3 is 0 Å². The van der Waals surface area contributed by atoms with Crippen molar-refractivity contribution in [2.45, 2.75) is 38.6 Å². The van der Waals surface area contributed by atoms with Crippen LogP contribution in [0.5, 0.6) is 0 Å². The second-order valence-electron chi connectivity index (χ2n) is 6.04. The molecule has 0 radical (unpaired) electrons. The van der Waals surface area contributed by atoms with Crippen molar-refractivity contribution in [3.63, 3.8) is 0 Å². The van der Waals surface area contributed by atoms with Gasteiger partial charge in [-0.3, -0.25) is 0 Å². The molecule has 1 atom stereocenters. The number of rotatable bonds is 6. The van der Waals surface area contributed by atoms with Gasteiger partial charge in [-0.2, -0.15) is 0 Å². The second-order valence-corrected chi connectivity index (χ2v) is 6.90. The molecule has 0 saturated carbocycles. The van der Waals surface area contributed by atoms with E-state index in [-0.39, 0.29) is 6.04 Å². The monoisotopic (exact) mass is 354 g/mol. The predicted octanol–water partition coefficient (Wildman–Crippen LogP) is 3.59. The highest BCUT2D eigenvalue weighted by Crippen LogP contribution is 2.31. The number of nitrogens with zero attached hydrogens (tertiary/aromatic N) is 1. The number of benzene rings is 1. The average molecular weight is 355 g/mol. The van der Waals surface area contributed by atoms with Crippen LogP contribution in [0.25, 0.3) is 0 Å². The van der Waals surface area contributed by atoms with Crippen molar-refractivity contribution in [3.8, 4) is 0 Å². The van der Waals surface area contributed by atoms with E-state index in [1.807, 2.05) is 0 Å². The predicted molar refractivity (Wildman–Crippen MR) is 92.9 cm³/mol. The number of nitrogens with two attached hydrogens (primary N) is 1. The summed E-state index contributed by atoms with van der Waals surface area (Å²) in [5.41, 5.74) is 8.66. The van der Waals surface area contributed by atoms with Crippen molar-refractivity contribution >= 4 is 21.6 Å². The number of methoxy groups -OCH3 is 1. The van der Waals surface area contributed by atoms with Crippen molar-refractivity contribution in [2.24, 2.45) is 11.7 Å². The summed E-state index contributed by atoms with van der Waals surface area (Å²) in [6, 6.07) is 6.94. The van der Waals surface area contributed by atoms with Crippen LogP contribution < -0.4 is 10.6 Å². The molecule has 1 saturated heterocycles. The first-order chi connectivity index (χ1) is 10.1. The number of halogens is 1. The SMILES string of the molecule is CCC(N)Cc1ccc(N2CCC(COC)CC2)c(Br)c1. The van der Waals surface area contributed by atoms with Gasteiger partial charge in [0.15, 0.2) is 0 Å². The fourth-order valence-electron chi connectivity index (χ4n) is 2.96. The zero-order valence-electron chi connectivity index (χ0n) is 13.1. The molecule has 4 heteroatoms. The van der Waals surface area contributed by atoms with E-state index in [0.29, 0.717) is 5.92 Å². The summed E-state index contributed by atoms with van der Waals surface area (Å²) in [5.74, 6) is 0.715. The third-order valence-corrected chi connectivity index (χ3v) is 5.03. The Labute approximate surface area is 137 Å². The van der Waals surface area contributed by atoms with Gasteiger partial charge in [-0.25, -0.2) is 0 Å². The number of ether oxygens (including phenoxy) is 1. The second kappa shape index (κ2) is 8.16. The summed E-state index contributed by atoms with van der Waals surface area (Å²) in [6.45, 7) is 5.25. The minimum Gasteiger partial charge on any atom is -0.384 e. The fraction of sp³-hybridized carbons (Fsp3) is 0.647. The number of piperidine rings is 1. The van der Waals surface area contributed by atoms with Crippen LogP contribution in [0.3, 0.4) is 0 Å². The van der Waals surface area contributed by atoms with Crippen LogP contribution in [0.4, 0.5) is 5.69 Å². The summed E-state index contributed by atoms with van der Waals surface area (Å²) < 4.78 is 6.46. The van der Waals surface area contributed by atoms with Crippen molar-refractivity contribution in [2.75, 3.05) is 31.7 Å². The van der Waals surface area contributed by atoms with Crippen molar-refractivity contribution in [1.82, 2.24) is 0 Å². The molecule has 1 aromatic carbocycles. The Kier molecular flexibility index (Phi) is 6.52. The van der Waals surface area contributed by atoms with Crippen LogP contribution in [-0.4, -0.2) is 32.8 Å². The summed E-state index contributed by atoms with van der Waals surface area (Å²) >= 11 is 3.73. The van der Waals surface area contributed by atoms with Gasteiger partial charge in [-0.15, -0.1) is 0 Å². The van der Waals surface area contributed by atoms with E-state index in [9.17, 15) is 0 Å². The van der Waals surface area contributed by atoms with Crippen LogP contribution >= 0.6 is 15.9 Å². The fourth-order valence-corrected chi connectivity index (χ4v) is 3.63. The Morgan fingerprint density at radius 2 is 2.10 bits per heavy atom. The minimum atomic E-state index is 0.257. The smallest absolute Gasteiger partial charge is 0.0510 e. The molecular weight excluding hydrogens is 328 g/mol. The molecule has 2 N–H and O–H groups in total. The van der Waals surface area contributed by atoms with E-state index in [4.69, 9.17) is 10.5 Å². The molecule has 1 fully saturated rings. The lowest BCUT2D eigenvalue weighted by molar-refractivity contribution is 0.139. The number of hydrogen-bond acceptors (Lipinski definition) is 3. The quantitative estimate of drug-likeness (QED) is 0.848. The molecule has 0 bridgehead atoms. The lowest BCUT2D eigenvalue weighted by Gasteiger charge is -2.34. The molecule has 1 heterocycles. The van der Waals surface area contributed by atoms with Gasteiger partial charge in [-0.1, -0.05) is 13.0 Å². The lowest BCUT2D eigenvalue weighted by Crippen LogP contribution is -2.35. The van der Waals surface area contributed by atoms with E-state index in [1.54, 1.807) is 7.11 Å². The molecule has 0 aromatic heterocycles. The third kappa shape index (κ3) is 4.70. The topological polar surface area (TPSA) is 38.5 Å².